The SMILES string of the molecule is Fc1ccccc1-c1noc(Cn2nnnc2C2CCOCC2)n1. The van der Waals surface area contributed by atoms with E-state index in [-0.39, 0.29) is 18.3 Å². The van der Waals surface area contributed by atoms with Crippen LogP contribution in [0.2, 0.25) is 0 Å². The van der Waals surface area contributed by atoms with Gasteiger partial charge in [-0.3, -0.25) is 0 Å². The van der Waals surface area contributed by atoms with Crippen LogP contribution in [0, 0.1) is 5.82 Å². The number of hydrogen-bond acceptors (Lipinski definition) is 7. The van der Waals surface area contributed by atoms with Crippen molar-refractivity contribution in [2.75, 3.05) is 13.2 Å². The zero-order valence-corrected chi connectivity index (χ0v) is 12.8. The van der Waals surface area contributed by atoms with E-state index in [0.29, 0.717) is 24.7 Å². The van der Waals surface area contributed by atoms with Gasteiger partial charge in [0.05, 0.1) is 5.56 Å². The Labute approximate surface area is 136 Å². The topological polar surface area (TPSA) is 91.8 Å². The molecule has 1 aliphatic heterocycles. The lowest BCUT2D eigenvalue weighted by atomic mass is 10.00. The fourth-order valence-corrected chi connectivity index (χ4v) is 2.77. The fraction of sp³-hybridized carbons (Fsp3) is 0.400. The van der Waals surface area contributed by atoms with E-state index in [0.717, 1.165) is 18.7 Å². The van der Waals surface area contributed by atoms with E-state index in [1.807, 2.05) is 0 Å². The van der Waals surface area contributed by atoms with Crippen LogP contribution in [-0.2, 0) is 11.3 Å². The molecule has 3 heterocycles. The molecule has 124 valence electrons. The molecule has 0 bridgehead atoms. The van der Waals surface area contributed by atoms with Crippen LogP contribution in [0.3, 0.4) is 0 Å². The summed E-state index contributed by atoms with van der Waals surface area (Å²) in [6, 6.07) is 6.30. The molecule has 0 amide bonds. The van der Waals surface area contributed by atoms with Crippen molar-refractivity contribution in [1.82, 2.24) is 30.3 Å². The van der Waals surface area contributed by atoms with Crippen LogP contribution in [0.25, 0.3) is 11.4 Å². The summed E-state index contributed by atoms with van der Waals surface area (Å²) in [6.45, 7) is 1.66. The predicted molar refractivity (Wildman–Crippen MR) is 79.4 cm³/mol. The van der Waals surface area contributed by atoms with Crippen molar-refractivity contribution in [1.29, 1.82) is 0 Å². The van der Waals surface area contributed by atoms with Gasteiger partial charge in [0.25, 0.3) is 0 Å². The van der Waals surface area contributed by atoms with E-state index in [2.05, 4.69) is 25.7 Å². The van der Waals surface area contributed by atoms with Crippen molar-refractivity contribution in [2.24, 2.45) is 0 Å². The summed E-state index contributed by atoms with van der Waals surface area (Å²) in [4.78, 5) is 4.24. The summed E-state index contributed by atoms with van der Waals surface area (Å²) >= 11 is 0. The van der Waals surface area contributed by atoms with Crippen LogP contribution in [-0.4, -0.2) is 43.6 Å². The van der Waals surface area contributed by atoms with Crippen molar-refractivity contribution in [3.8, 4) is 11.4 Å². The molecule has 0 radical (unpaired) electrons. The summed E-state index contributed by atoms with van der Waals surface area (Å²) in [7, 11) is 0. The van der Waals surface area contributed by atoms with Gasteiger partial charge < -0.3 is 9.26 Å². The zero-order chi connectivity index (χ0) is 16.4. The van der Waals surface area contributed by atoms with Gasteiger partial charge in [-0.15, -0.1) is 5.10 Å². The number of aromatic nitrogens is 6. The highest BCUT2D eigenvalue weighted by Crippen LogP contribution is 2.25. The first kappa shape index (κ1) is 14.9. The molecular formula is C15H15FN6O2. The molecule has 0 saturated carbocycles. The van der Waals surface area contributed by atoms with Gasteiger partial charge >= 0.3 is 0 Å². The van der Waals surface area contributed by atoms with Gasteiger partial charge in [-0.2, -0.15) is 4.98 Å². The average Bonchev–Trinajstić information content (AvgIpc) is 3.26. The Balaban J connectivity index is 1.55. The lowest BCUT2D eigenvalue weighted by Gasteiger charge is -2.20. The first-order chi connectivity index (χ1) is 11.8. The number of ether oxygens (including phenoxy) is 1. The van der Waals surface area contributed by atoms with Gasteiger partial charge in [0.15, 0.2) is 5.82 Å². The molecule has 0 N–H and O–H groups in total. The molecule has 1 saturated heterocycles. The maximum absolute atomic E-state index is 13.8. The van der Waals surface area contributed by atoms with Gasteiger partial charge in [-0.05, 0) is 35.4 Å². The normalized spacial score (nSPS) is 15.7. The second-order valence-corrected chi connectivity index (χ2v) is 5.57. The molecule has 8 nitrogen and oxygen atoms in total. The Kier molecular flexibility index (Phi) is 3.99. The highest BCUT2D eigenvalue weighted by Gasteiger charge is 2.23. The summed E-state index contributed by atoms with van der Waals surface area (Å²) < 4.78 is 26.0. The smallest absolute Gasteiger partial charge is 0.248 e. The third-order valence-corrected chi connectivity index (χ3v) is 4.01. The highest BCUT2D eigenvalue weighted by molar-refractivity contribution is 5.54. The first-order valence-electron chi connectivity index (χ1n) is 7.72. The van der Waals surface area contributed by atoms with Crippen molar-refractivity contribution in [3.63, 3.8) is 0 Å². The Morgan fingerprint density at radius 2 is 2.04 bits per heavy atom. The zero-order valence-electron chi connectivity index (χ0n) is 12.8. The minimum Gasteiger partial charge on any atom is -0.381 e. The van der Waals surface area contributed by atoms with Crippen LogP contribution in [0.5, 0.6) is 0 Å². The fourth-order valence-electron chi connectivity index (χ4n) is 2.77. The van der Waals surface area contributed by atoms with Crippen LogP contribution in [0.4, 0.5) is 4.39 Å². The maximum Gasteiger partial charge on any atom is 0.248 e. The molecule has 9 heteroatoms. The molecule has 1 aliphatic rings. The van der Waals surface area contributed by atoms with E-state index in [1.165, 1.54) is 6.07 Å². The lowest BCUT2D eigenvalue weighted by Crippen LogP contribution is -2.19. The van der Waals surface area contributed by atoms with Gasteiger partial charge in [-0.25, -0.2) is 9.07 Å². The van der Waals surface area contributed by atoms with Crippen molar-refractivity contribution < 1.29 is 13.7 Å². The number of halogens is 1. The molecule has 24 heavy (non-hydrogen) atoms. The van der Waals surface area contributed by atoms with E-state index < -0.39 is 5.82 Å². The first-order valence-corrected chi connectivity index (χ1v) is 7.72. The largest absolute Gasteiger partial charge is 0.381 e. The second kappa shape index (κ2) is 6.44. The molecular weight excluding hydrogens is 315 g/mol. The Morgan fingerprint density at radius 1 is 1.21 bits per heavy atom. The Morgan fingerprint density at radius 3 is 2.88 bits per heavy atom. The lowest BCUT2D eigenvalue weighted by molar-refractivity contribution is 0.0825. The molecule has 1 fully saturated rings. The van der Waals surface area contributed by atoms with Crippen molar-refractivity contribution >= 4 is 0 Å². The number of nitrogens with zero attached hydrogens (tertiary/aromatic N) is 6. The summed E-state index contributed by atoms with van der Waals surface area (Å²) in [5.41, 5.74) is 0.300. The summed E-state index contributed by atoms with van der Waals surface area (Å²) in [6.07, 6.45) is 1.76. The molecule has 0 atom stereocenters. The average molecular weight is 330 g/mol. The summed E-state index contributed by atoms with van der Waals surface area (Å²) in [5.74, 6) is 1.18. The molecule has 1 aromatic carbocycles. The van der Waals surface area contributed by atoms with Crippen molar-refractivity contribution in [2.45, 2.75) is 25.3 Å². The molecule has 3 aromatic rings. The van der Waals surface area contributed by atoms with Crippen LogP contribution in [0.1, 0.15) is 30.5 Å². The molecule has 4 rings (SSSR count). The number of tetrazole rings is 1. The number of rotatable bonds is 4. The molecule has 0 spiro atoms. The van der Waals surface area contributed by atoms with Crippen LogP contribution in [0.15, 0.2) is 28.8 Å². The minimum absolute atomic E-state index is 0.212. The van der Waals surface area contributed by atoms with Crippen LogP contribution < -0.4 is 0 Å². The van der Waals surface area contributed by atoms with Gasteiger partial charge in [-0.1, -0.05) is 17.3 Å². The van der Waals surface area contributed by atoms with Crippen LogP contribution >= 0.6 is 0 Å². The third-order valence-electron chi connectivity index (χ3n) is 4.01. The van der Waals surface area contributed by atoms with E-state index in [9.17, 15) is 4.39 Å². The van der Waals surface area contributed by atoms with E-state index >= 15 is 0 Å². The maximum atomic E-state index is 13.8. The van der Waals surface area contributed by atoms with E-state index in [4.69, 9.17) is 9.26 Å². The van der Waals surface area contributed by atoms with Gasteiger partial charge in [0, 0.05) is 19.1 Å². The quantitative estimate of drug-likeness (QED) is 0.720. The van der Waals surface area contributed by atoms with E-state index in [1.54, 1.807) is 22.9 Å². The Hall–Kier alpha value is -2.68. The molecule has 0 unspecified atom stereocenters. The summed E-state index contributed by atoms with van der Waals surface area (Å²) in [5, 5.41) is 15.7. The third kappa shape index (κ3) is 2.90. The minimum atomic E-state index is -0.393. The van der Waals surface area contributed by atoms with Gasteiger partial charge in [0.2, 0.25) is 11.7 Å². The number of hydrogen-bond donors (Lipinski definition) is 0. The monoisotopic (exact) mass is 330 g/mol. The molecule has 2 aromatic heterocycles. The number of benzene rings is 1. The highest BCUT2D eigenvalue weighted by atomic mass is 19.1. The Bertz CT molecular complexity index is 827. The van der Waals surface area contributed by atoms with Gasteiger partial charge in [0.1, 0.15) is 12.4 Å². The second-order valence-electron chi connectivity index (χ2n) is 5.57. The van der Waals surface area contributed by atoms with Crippen molar-refractivity contribution in [3.05, 3.63) is 41.8 Å². The standard InChI is InChI=1S/C15H15FN6O2/c16-12-4-2-1-3-11(12)14-17-13(24-19-14)9-22-15(18-20-21-22)10-5-7-23-8-6-10/h1-4,10H,5-9H2. The predicted octanol–water partition coefficient (Wildman–Crippen LogP) is 1.80. The molecule has 0 aliphatic carbocycles.